The van der Waals surface area contributed by atoms with Crippen LogP contribution in [0.15, 0.2) is 24.3 Å². The summed E-state index contributed by atoms with van der Waals surface area (Å²) in [6.07, 6.45) is -5.27. The zero-order valence-corrected chi connectivity index (χ0v) is 20.6. The first-order valence-corrected chi connectivity index (χ1v) is 11.2. The molecule has 0 bridgehead atoms. The first-order chi connectivity index (χ1) is 18.6. The maximum absolute atomic E-state index is 13.3. The minimum atomic E-state index is -4.95. The molecule has 19 heteroatoms. The van der Waals surface area contributed by atoms with Gasteiger partial charge in [-0.25, -0.2) is 4.68 Å². The Morgan fingerprint density at radius 1 is 1.27 bits per heavy atom. The monoisotopic (exact) mass is 566 g/mol. The number of carbonyl (C=O) groups is 4. The standard InChI is InChI=1S/C21H20F3N9O7/c1-9(26-12(34)8-32-19(21(22,23)24)29-30-31-32)13-15(27-17(13)36)20(2,16(35)14(28-25)18(37)38)7-10-3-5-11(6-4-10)33(39)40/h3-6,9,13,15H,7-8H2,1-2H3,(H,26,34)(H,27,36)(H,37,38)/p-1/t9-,13-,15-,20-/m1/s1. The zero-order valence-electron chi connectivity index (χ0n) is 20.6. The van der Waals surface area contributed by atoms with Gasteiger partial charge >= 0.3 is 11.9 Å². The van der Waals surface area contributed by atoms with Crippen LogP contribution in [0.4, 0.5) is 18.9 Å². The van der Waals surface area contributed by atoms with Gasteiger partial charge in [0.05, 0.1) is 22.3 Å². The van der Waals surface area contributed by atoms with Crippen LogP contribution in [0.2, 0.25) is 0 Å². The van der Waals surface area contributed by atoms with Gasteiger partial charge in [-0.2, -0.15) is 18.0 Å². The number of carboxylic acid groups (broad SMARTS) is 1. The number of alkyl halides is 3. The van der Waals surface area contributed by atoms with E-state index in [1.54, 1.807) is 0 Å². The van der Waals surface area contributed by atoms with Gasteiger partial charge in [-0.05, 0) is 36.3 Å². The van der Waals surface area contributed by atoms with Crippen LogP contribution in [-0.4, -0.2) is 71.3 Å². The van der Waals surface area contributed by atoms with Gasteiger partial charge in [0.15, 0.2) is 5.97 Å². The van der Waals surface area contributed by atoms with E-state index in [1.807, 2.05) is 0 Å². The number of halogens is 3. The molecule has 1 aliphatic rings. The lowest BCUT2D eigenvalue weighted by molar-refractivity contribution is -0.384. The summed E-state index contributed by atoms with van der Waals surface area (Å²) in [5, 5.41) is 36.1. The van der Waals surface area contributed by atoms with Gasteiger partial charge in [0, 0.05) is 18.2 Å². The summed E-state index contributed by atoms with van der Waals surface area (Å²) in [6.45, 7) is 1.61. The number of β-lactam (4-membered cyclic amide) rings is 1. The van der Waals surface area contributed by atoms with Crippen molar-refractivity contribution in [3.8, 4) is 0 Å². The van der Waals surface area contributed by atoms with Crippen LogP contribution >= 0.6 is 0 Å². The van der Waals surface area contributed by atoms with Crippen LogP contribution in [0.25, 0.3) is 5.53 Å². The Kier molecular flexibility index (Phi) is 8.09. The van der Waals surface area contributed by atoms with Gasteiger partial charge in [-0.15, -0.1) is 5.10 Å². The fourth-order valence-electron chi connectivity index (χ4n) is 4.45. The summed E-state index contributed by atoms with van der Waals surface area (Å²) in [5.74, 6) is -7.82. The van der Waals surface area contributed by atoms with Crippen molar-refractivity contribution in [3.05, 3.63) is 51.3 Å². The van der Waals surface area contributed by atoms with Crippen LogP contribution in [0, 0.1) is 21.4 Å². The van der Waals surface area contributed by atoms with Crippen molar-refractivity contribution in [1.82, 2.24) is 30.8 Å². The molecule has 2 N–H and O–H groups in total. The lowest BCUT2D eigenvalue weighted by atomic mass is 9.63. The average Bonchev–Trinajstić information content (AvgIpc) is 3.31. The summed E-state index contributed by atoms with van der Waals surface area (Å²) in [5.41, 5.74) is 5.94. The first-order valence-electron chi connectivity index (χ1n) is 11.2. The van der Waals surface area contributed by atoms with Crippen molar-refractivity contribution >= 4 is 35.0 Å². The highest BCUT2D eigenvalue weighted by molar-refractivity contribution is 6.62. The number of benzene rings is 1. The molecular formula is C21H19F3N9O7-. The Morgan fingerprint density at radius 3 is 2.40 bits per heavy atom. The number of carboxylic acids is 1. The molecule has 40 heavy (non-hydrogen) atoms. The zero-order chi connectivity index (χ0) is 30.0. The number of carbonyl (C=O) groups excluding carboxylic acids is 4. The molecule has 16 nitrogen and oxygen atoms in total. The lowest BCUT2D eigenvalue weighted by Gasteiger charge is -2.49. The van der Waals surface area contributed by atoms with E-state index in [4.69, 9.17) is 5.53 Å². The molecule has 3 rings (SSSR count). The number of hydrogen-bond acceptors (Lipinski definition) is 10. The maximum Gasteiger partial charge on any atom is 0.453 e. The Morgan fingerprint density at radius 2 is 1.90 bits per heavy atom. The summed E-state index contributed by atoms with van der Waals surface area (Å²) >= 11 is 0. The topological polar surface area (TPSA) is 239 Å². The van der Waals surface area contributed by atoms with E-state index in [-0.39, 0.29) is 16.8 Å². The van der Waals surface area contributed by atoms with Crippen molar-refractivity contribution in [1.29, 1.82) is 0 Å². The minimum Gasteiger partial charge on any atom is -0.538 e. The van der Waals surface area contributed by atoms with E-state index >= 15 is 0 Å². The highest BCUT2D eigenvalue weighted by atomic mass is 19.4. The number of nitro groups is 1. The number of amides is 2. The van der Waals surface area contributed by atoms with Crippen molar-refractivity contribution in [3.63, 3.8) is 0 Å². The van der Waals surface area contributed by atoms with Gasteiger partial charge in [0.2, 0.25) is 11.8 Å². The number of aliphatic carboxylic acids is 1. The van der Waals surface area contributed by atoms with E-state index < -0.39 is 76.2 Å². The molecule has 1 aliphatic heterocycles. The smallest absolute Gasteiger partial charge is 0.453 e. The molecule has 0 aliphatic carbocycles. The Labute approximate surface area is 221 Å². The average molecular weight is 566 g/mol. The van der Waals surface area contributed by atoms with Gasteiger partial charge < -0.3 is 26.1 Å². The Hall–Kier alpha value is -5.06. The SMILES string of the molecule is C[C@@H](NC(=O)Cn1nnnc1C(F)(F)F)[C@H]1C(=O)N[C@H]1[C@@](C)(Cc1ccc([N+](=O)[O-])cc1)C(=O)C(=[N+]=[N-])C(=O)[O-]. The van der Waals surface area contributed by atoms with Crippen molar-refractivity contribution in [2.45, 2.75) is 45.1 Å². The van der Waals surface area contributed by atoms with E-state index in [1.165, 1.54) is 26.0 Å². The molecule has 1 aromatic heterocycles. The molecule has 0 unspecified atom stereocenters. The first kappa shape index (κ1) is 29.5. The number of ketones is 1. The number of aromatic nitrogens is 4. The van der Waals surface area contributed by atoms with Crippen LogP contribution in [0.1, 0.15) is 25.2 Å². The van der Waals surface area contributed by atoms with Gasteiger partial charge in [0.25, 0.3) is 17.3 Å². The van der Waals surface area contributed by atoms with Crippen LogP contribution in [-0.2, 0) is 38.3 Å². The number of rotatable bonds is 11. The summed E-state index contributed by atoms with van der Waals surface area (Å²) in [7, 11) is 0. The number of non-ortho nitro benzene ring substituents is 1. The van der Waals surface area contributed by atoms with Crippen LogP contribution in [0.5, 0.6) is 0 Å². The molecule has 212 valence electrons. The third-order valence-electron chi connectivity index (χ3n) is 6.40. The molecule has 1 saturated heterocycles. The van der Waals surface area contributed by atoms with Gasteiger partial charge in [-0.3, -0.25) is 24.5 Å². The highest BCUT2D eigenvalue weighted by Crippen LogP contribution is 2.39. The van der Waals surface area contributed by atoms with E-state index in [9.17, 15) is 47.6 Å². The molecule has 1 aromatic carbocycles. The molecule has 2 heterocycles. The third-order valence-corrected chi connectivity index (χ3v) is 6.40. The number of hydrogen-bond donors (Lipinski definition) is 2. The van der Waals surface area contributed by atoms with Crippen molar-refractivity contribution in [2.24, 2.45) is 11.3 Å². The second kappa shape index (κ2) is 11.0. The van der Waals surface area contributed by atoms with E-state index in [0.29, 0.717) is 5.56 Å². The molecule has 0 spiro atoms. The van der Waals surface area contributed by atoms with Crippen molar-refractivity contribution < 1.29 is 47.2 Å². The van der Waals surface area contributed by atoms with Gasteiger partial charge in [0.1, 0.15) is 6.54 Å². The third kappa shape index (κ3) is 5.83. The number of Topliss-reactive ketones (excluding diaryl/α,β-unsaturated/α-hetero) is 1. The quantitative estimate of drug-likeness (QED) is 0.0604. The minimum absolute atomic E-state index is 0.201. The predicted octanol–water partition coefficient (Wildman–Crippen LogP) is -1.54. The second-order valence-electron chi connectivity index (χ2n) is 9.11. The normalized spacial score (nSPS) is 18.8. The fourth-order valence-corrected chi connectivity index (χ4v) is 4.45. The van der Waals surface area contributed by atoms with Gasteiger partial charge in [-0.1, -0.05) is 12.1 Å². The van der Waals surface area contributed by atoms with Crippen LogP contribution in [0.3, 0.4) is 0 Å². The molecule has 1 fully saturated rings. The number of tetrazole rings is 1. The summed E-state index contributed by atoms with van der Waals surface area (Å²) in [6, 6.07) is 2.54. The highest BCUT2D eigenvalue weighted by Gasteiger charge is 2.58. The molecule has 0 saturated carbocycles. The molecule has 2 amide bonds. The maximum atomic E-state index is 13.3. The molecule has 4 atom stereocenters. The van der Waals surface area contributed by atoms with Crippen LogP contribution < -0.4 is 15.7 Å². The summed E-state index contributed by atoms with van der Waals surface area (Å²) < 4.78 is 39.2. The van der Waals surface area contributed by atoms with E-state index in [2.05, 4.69) is 30.9 Å². The summed E-state index contributed by atoms with van der Waals surface area (Å²) in [4.78, 5) is 62.6. The molecule has 0 radical (unpaired) electrons. The predicted molar refractivity (Wildman–Crippen MR) is 119 cm³/mol. The molecule has 2 aromatic rings. The number of nitro benzene ring substituents is 1. The Bertz CT molecular complexity index is 1420. The molecular weight excluding hydrogens is 547 g/mol. The second-order valence-corrected chi connectivity index (χ2v) is 9.11. The lowest BCUT2D eigenvalue weighted by Crippen LogP contribution is -2.72. The Balaban J connectivity index is 1.89. The van der Waals surface area contributed by atoms with Crippen molar-refractivity contribution in [2.75, 3.05) is 0 Å². The largest absolute Gasteiger partial charge is 0.538 e. The number of nitrogens with zero attached hydrogens (tertiary/aromatic N) is 7. The van der Waals surface area contributed by atoms with E-state index in [0.717, 1.165) is 12.1 Å². The fraction of sp³-hybridized carbons (Fsp3) is 0.429. The number of nitrogens with one attached hydrogen (secondary N) is 2.